The van der Waals surface area contributed by atoms with Gasteiger partial charge in [0.1, 0.15) is 5.75 Å². The van der Waals surface area contributed by atoms with E-state index in [1.807, 2.05) is 6.07 Å². The van der Waals surface area contributed by atoms with E-state index in [1.165, 1.54) is 0 Å². The second-order valence-electron chi connectivity index (χ2n) is 8.58. The van der Waals surface area contributed by atoms with E-state index in [0.717, 1.165) is 36.0 Å². The lowest BCUT2D eigenvalue weighted by molar-refractivity contribution is -0.0782. The van der Waals surface area contributed by atoms with Crippen molar-refractivity contribution in [3.8, 4) is 5.75 Å². The molecular weight excluding hydrogens is 288 g/mol. The van der Waals surface area contributed by atoms with Gasteiger partial charge in [-0.1, -0.05) is 40.2 Å². The summed E-state index contributed by atoms with van der Waals surface area (Å²) < 4.78 is 0. The molecule has 1 fully saturated rings. The largest absolute Gasteiger partial charge is 0.508 e. The maximum Gasteiger partial charge on any atom is 0.119 e. The van der Waals surface area contributed by atoms with Crippen LogP contribution in [0.5, 0.6) is 5.75 Å². The van der Waals surface area contributed by atoms with Gasteiger partial charge in [-0.2, -0.15) is 0 Å². The molecular formula is C20H30O3. The normalized spacial score (nSPS) is 32.5. The van der Waals surface area contributed by atoms with Crippen LogP contribution in [0.4, 0.5) is 0 Å². The Morgan fingerprint density at radius 3 is 2.52 bits per heavy atom. The summed E-state index contributed by atoms with van der Waals surface area (Å²) in [5, 5.41) is 31.7. The molecule has 0 heterocycles. The van der Waals surface area contributed by atoms with Crippen molar-refractivity contribution in [3.05, 3.63) is 28.8 Å². The molecule has 0 spiro atoms. The highest BCUT2D eigenvalue weighted by atomic mass is 16.3. The number of aliphatic hydroxyl groups excluding tert-OH is 2. The fraction of sp³-hybridized carbons (Fsp3) is 0.700. The summed E-state index contributed by atoms with van der Waals surface area (Å²) in [7, 11) is 0. The third-order valence-corrected chi connectivity index (χ3v) is 6.41. The second-order valence-corrected chi connectivity index (χ2v) is 8.58. The molecule has 1 aromatic carbocycles. The number of rotatable bonds is 2. The van der Waals surface area contributed by atoms with Crippen LogP contribution in [0.3, 0.4) is 0 Å². The fourth-order valence-electron chi connectivity index (χ4n) is 5.68. The summed E-state index contributed by atoms with van der Waals surface area (Å²) >= 11 is 0. The first kappa shape index (κ1) is 16.8. The van der Waals surface area contributed by atoms with E-state index in [1.54, 1.807) is 6.07 Å². The predicted octanol–water partition coefficient (Wildman–Crippen LogP) is 3.49. The molecule has 0 aliphatic heterocycles. The van der Waals surface area contributed by atoms with Gasteiger partial charge in [0.05, 0.1) is 12.7 Å². The minimum atomic E-state index is -0.468. The number of phenolic OH excluding ortho intramolecular Hbond substituents is 1. The smallest absolute Gasteiger partial charge is 0.119 e. The highest BCUT2D eigenvalue weighted by molar-refractivity contribution is 5.52. The van der Waals surface area contributed by atoms with Crippen molar-refractivity contribution in [2.75, 3.05) is 6.61 Å². The van der Waals surface area contributed by atoms with Crippen molar-refractivity contribution >= 4 is 0 Å². The molecule has 0 bridgehead atoms. The average Bonchev–Trinajstić information content (AvgIpc) is 2.45. The molecule has 1 aromatic rings. The maximum absolute atomic E-state index is 11.0. The van der Waals surface area contributed by atoms with Crippen molar-refractivity contribution in [3.63, 3.8) is 0 Å². The number of benzene rings is 1. The lowest BCUT2D eigenvalue weighted by Gasteiger charge is -2.57. The first-order valence-electron chi connectivity index (χ1n) is 8.89. The zero-order valence-corrected chi connectivity index (χ0v) is 14.8. The van der Waals surface area contributed by atoms with Crippen LogP contribution in [0.1, 0.15) is 69.6 Å². The lowest BCUT2D eigenvalue weighted by atomic mass is 9.48. The minimum absolute atomic E-state index is 0.00790. The van der Waals surface area contributed by atoms with Crippen molar-refractivity contribution in [2.24, 2.45) is 11.3 Å². The second kappa shape index (κ2) is 5.49. The quantitative estimate of drug-likeness (QED) is 0.782. The highest BCUT2D eigenvalue weighted by Gasteiger charge is 2.56. The van der Waals surface area contributed by atoms with E-state index in [-0.39, 0.29) is 29.3 Å². The van der Waals surface area contributed by atoms with Crippen LogP contribution < -0.4 is 0 Å². The van der Waals surface area contributed by atoms with Crippen molar-refractivity contribution in [1.29, 1.82) is 0 Å². The van der Waals surface area contributed by atoms with Crippen LogP contribution in [-0.4, -0.2) is 28.0 Å². The van der Waals surface area contributed by atoms with Crippen molar-refractivity contribution in [2.45, 2.75) is 70.8 Å². The molecule has 2 aliphatic rings. The summed E-state index contributed by atoms with van der Waals surface area (Å²) in [4.78, 5) is 0. The summed E-state index contributed by atoms with van der Waals surface area (Å²) in [5.74, 6) is 0.569. The van der Waals surface area contributed by atoms with Gasteiger partial charge in [0.25, 0.3) is 0 Å². The Balaban J connectivity index is 2.26. The van der Waals surface area contributed by atoms with E-state index in [2.05, 4.69) is 27.7 Å². The van der Waals surface area contributed by atoms with Gasteiger partial charge in [-0.3, -0.25) is 0 Å². The predicted molar refractivity (Wildman–Crippen MR) is 91.8 cm³/mol. The molecule has 3 atom stereocenters. The number of aromatic hydroxyl groups is 1. The van der Waals surface area contributed by atoms with Gasteiger partial charge < -0.3 is 15.3 Å². The minimum Gasteiger partial charge on any atom is -0.508 e. The zero-order valence-electron chi connectivity index (χ0n) is 14.8. The molecule has 1 saturated carbocycles. The average molecular weight is 318 g/mol. The molecule has 3 N–H and O–H groups in total. The molecule has 0 aromatic heterocycles. The summed E-state index contributed by atoms with van der Waals surface area (Å²) in [6.07, 6.45) is 3.16. The number of hydrogen-bond donors (Lipinski definition) is 3. The first-order chi connectivity index (χ1) is 10.7. The number of phenols is 1. The van der Waals surface area contributed by atoms with Crippen LogP contribution in [0, 0.1) is 11.3 Å². The van der Waals surface area contributed by atoms with Crippen LogP contribution in [0.15, 0.2) is 12.1 Å². The van der Waals surface area contributed by atoms with Gasteiger partial charge in [0.15, 0.2) is 0 Å². The van der Waals surface area contributed by atoms with Gasteiger partial charge in [-0.05, 0) is 53.4 Å². The lowest BCUT2D eigenvalue weighted by Crippen LogP contribution is -2.57. The van der Waals surface area contributed by atoms with Crippen molar-refractivity contribution in [1.82, 2.24) is 0 Å². The van der Waals surface area contributed by atoms with Gasteiger partial charge in [0, 0.05) is 11.3 Å². The Morgan fingerprint density at radius 1 is 1.22 bits per heavy atom. The van der Waals surface area contributed by atoms with Crippen LogP contribution >= 0.6 is 0 Å². The Hall–Kier alpha value is -1.06. The fourth-order valence-corrected chi connectivity index (χ4v) is 5.68. The van der Waals surface area contributed by atoms with Crippen LogP contribution in [0.25, 0.3) is 0 Å². The number of hydrogen-bond acceptors (Lipinski definition) is 3. The summed E-state index contributed by atoms with van der Waals surface area (Å²) in [5.41, 5.74) is 2.79. The Kier molecular flexibility index (Phi) is 4.01. The van der Waals surface area contributed by atoms with Gasteiger partial charge in [-0.15, -0.1) is 0 Å². The van der Waals surface area contributed by atoms with Gasteiger partial charge >= 0.3 is 0 Å². The van der Waals surface area contributed by atoms with Crippen LogP contribution in [0.2, 0.25) is 0 Å². The molecule has 3 nitrogen and oxygen atoms in total. The van der Waals surface area contributed by atoms with E-state index in [0.29, 0.717) is 12.2 Å². The third-order valence-electron chi connectivity index (χ3n) is 6.41. The molecule has 23 heavy (non-hydrogen) atoms. The summed E-state index contributed by atoms with van der Waals surface area (Å²) in [6, 6.07) is 3.77. The number of fused-ring (bicyclic) bond motifs is 3. The Labute approximate surface area is 139 Å². The summed E-state index contributed by atoms with van der Waals surface area (Å²) in [6.45, 7) is 8.65. The SMILES string of the molecule is CC(C)c1c(O)ccc2c1C[C@@H](O)[C@H]1C(C)(C)CCC[C@]21CO. The van der Waals surface area contributed by atoms with Crippen LogP contribution in [-0.2, 0) is 11.8 Å². The zero-order chi connectivity index (χ0) is 17.0. The molecule has 3 heteroatoms. The maximum atomic E-state index is 11.0. The van der Waals surface area contributed by atoms with Gasteiger partial charge in [0.2, 0.25) is 0 Å². The Bertz CT molecular complexity index is 605. The molecule has 0 unspecified atom stereocenters. The third kappa shape index (κ3) is 2.32. The topological polar surface area (TPSA) is 60.7 Å². The molecule has 0 saturated heterocycles. The monoisotopic (exact) mass is 318 g/mol. The standard InChI is InChI=1S/C20H30O3/c1-12(2)17-13-10-16(23)18-19(3,4)8-5-9-20(18,11-21)14(13)6-7-15(17)22/h6-7,12,16,18,21-23H,5,8-11H2,1-4H3/t16-,18+,20+/m1/s1. The Morgan fingerprint density at radius 2 is 1.91 bits per heavy atom. The molecule has 0 radical (unpaired) electrons. The van der Waals surface area contributed by atoms with E-state index >= 15 is 0 Å². The molecule has 0 amide bonds. The molecule has 128 valence electrons. The van der Waals surface area contributed by atoms with E-state index in [9.17, 15) is 15.3 Å². The molecule has 2 aliphatic carbocycles. The first-order valence-corrected chi connectivity index (χ1v) is 8.89. The van der Waals surface area contributed by atoms with E-state index < -0.39 is 6.10 Å². The number of aliphatic hydroxyl groups is 2. The van der Waals surface area contributed by atoms with Gasteiger partial charge in [-0.25, -0.2) is 0 Å². The highest BCUT2D eigenvalue weighted by Crippen LogP contribution is 2.58. The van der Waals surface area contributed by atoms with Crippen molar-refractivity contribution < 1.29 is 15.3 Å². The molecule has 3 rings (SSSR count). The van der Waals surface area contributed by atoms with E-state index in [4.69, 9.17) is 0 Å².